The van der Waals surface area contributed by atoms with Crippen LogP contribution >= 0.6 is 23.5 Å². The Morgan fingerprint density at radius 1 is 1.00 bits per heavy atom. The van der Waals surface area contributed by atoms with Crippen LogP contribution in [0.15, 0.2) is 30.3 Å². The monoisotopic (exact) mass is 281 g/mol. The fraction of sp³-hybridized carbons (Fsp3) is 0.571. The number of hydrogen-bond acceptors (Lipinski definition) is 4. The summed E-state index contributed by atoms with van der Waals surface area (Å²) in [6, 6.07) is 10.9. The highest BCUT2D eigenvalue weighted by Gasteiger charge is 2.34. The number of ether oxygens (including phenoxy) is 1. The van der Waals surface area contributed by atoms with E-state index in [1.54, 1.807) is 0 Å². The average Bonchev–Trinajstić information content (AvgIpc) is 2.63. The highest BCUT2D eigenvalue weighted by atomic mass is 32.2. The van der Waals surface area contributed by atoms with Crippen LogP contribution in [0.4, 0.5) is 0 Å². The zero-order chi connectivity index (χ0) is 12.2. The smallest absolute Gasteiger partial charge is 0.124 e. The Balaban J connectivity index is 1.45. The molecule has 1 aromatic rings. The van der Waals surface area contributed by atoms with Crippen LogP contribution in [0.2, 0.25) is 0 Å². The minimum absolute atomic E-state index is 0.394. The highest BCUT2D eigenvalue weighted by molar-refractivity contribution is 8.03. The van der Waals surface area contributed by atoms with Gasteiger partial charge in [-0.25, -0.2) is 0 Å². The van der Waals surface area contributed by atoms with Crippen molar-refractivity contribution in [2.75, 3.05) is 36.1 Å². The molecule has 2 aliphatic heterocycles. The van der Waals surface area contributed by atoms with Crippen LogP contribution in [0.1, 0.15) is 0 Å². The Morgan fingerprint density at radius 3 is 2.33 bits per heavy atom. The van der Waals surface area contributed by atoms with Crippen molar-refractivity contribution in [2.24, 2.45) is 0 Å². The van der Waals surface area contributed by atoms with Crippen LogP contribution in [0.3, 0.4) is 0 Å². The first-order valence-corrected chi connectivity index (χ1v) is 8.84. The van der Waals surface area contributed by atoms with Crippen molar-refractivity contribution in [3.8, 4) is 5.75 Å². The van der Waals surface area contributed by atoms with Crippen molar-refractivity contribution in [3.63, 3.8) is 0 Å². The molecular formula is C14H19NOS2. The van der Waals surface area contributed by atoms with Gasteiger partial charge in [-0.15, -0.1) is 0 Å². The van der Waals surface area contributed by atoms with Gasteiger partial charge in [-0.1, -0.05) is 18.2 Å². The molecule has 0 bridgehead atoms. The number of hydrogen-bond donors (Lipinski definition) is 0. The maximum atomic E-state index is 5.95. The molecule has 0 atom stereocenters. The summed E-state index contributed by atoms with van der Waals surface area (Å²) in [5.41, 5.74) is 0. The van der Waals surface area contributed by atoms with E-state index >= 15 is 0 Å². The Hall–Kier alpha value is -0.320. The predicted octanol–water partition coefficient (Wildman–Crippen LogP) is 2.60. The molecule has 2 saturated heterocycles. The van der Waals surface area contributed by atoms with E-state index in [0.29, 0.717) is 6.10 Å². The molecule has 1 aromatic carbocycles. The molecule has 4 heteroatoms. The third kappa shape index (κ3) is 3.16. The molecule has 0 unspecified atom stereocenters. The first-order valence-electron chi connectivity index (χ1n) is 6.53. The van der Waals surface area contributed by atoms with E-state index in [9.17, 15) is 0 Å². The number of likely N-dealkylation sites (tertiary alicyclic amines) is 1. The average molecular weight is 281 g/mol. The number of nitrogens with zero attached hydrogens (tertiary/aromatic N) is 1. The van der Waals surface area contributed by atoms with Crippen molar-refractivity contribution in [2.45, 2.75) is 12.1 Å². The van der Waals surface area contributed by atoms with Gasteiger partial charge in [0, 0.05) is 42.1 Å². The second-order valence-corrected chi connectivity index (χ2v) is 7.11. The number of rotatable bonds is 3. The van der Waals surface area contributed by atoms with Gasteiger partial charge in [-0.3, -0.25) is 4.90 Å². The van der Waals surface area contributed by atoms with E-state index < -0.39 is 0 Å². The zero-order valence-corrected chi connectivity index (χ0v) is 12.1. The molecule has 2 fully saturated rings. The second kappa shape index (κ2) is 6.22. The highest BCUT2D eigenvalue weighted by Crippen LogP contribution is 2.25. The topological polar surface area (TPSA) is 12.5 Å². The molecule has 0 radical (unpaired) electrons. The Bertz CT molecular complexity index is 359. The zero-order valence-electron chi connectivity index (χ0n) is 10.5. The quantitative estimate of drug-likeness (QED) is 0.844. The molecule has 2 heterocycles. The first kappa shape index (κ1) is 12.7. The third-order valence-corrected chi connectivity index (χ3v) is 5.92. The maximum absolute atomic E-state index is 5.95. The molecule has 18 heavy (non-hydrogen) atoms. The molecular weight excluding hydrogens is 262 g/mol. The van der Waals surface area contributed by atoms with Crippen LogP contribution in [-0.4, -0.2) is 53.1 Å². The molecule has 0 aliphatic carbocycles. The van der Waals surface area contributed by atoms with Crippen molar-refractivity contribution in [3.05, 3.63) is 30.3 Å². The van der Waals surface area contributed by atoms with Crippen molar-refractivity contribution in [1.29, 1.82) is 0 Å². The fourth-order valence-corrected chi connectivity index (χ4v) is 4.98. The maximum Gasteiger partial charge on any atom is 0.124 e. The van der Waals surface area contributed by atoms with E-state index in [1.807, 2.05) is 30.3 Å². The molecule has 0 saturated carbocycles. The largest absolute Gasteiger partial charge is 0.488 e. The molecule has 0 spiro atoms. The summed E-state index contributed by atoms with van der Waals surface area (Å²) < 4.78 is 5.95. The minimum Gasteiger partial charge on any atom is -0.488 e. The lowest BCUT2D eigenvalue weighted by Gasteiger charge is -2.43. The summed E-state index contributed by atoms with van der Waals surface area (Å²) in [5, 5.41) is 0. The van der Waals surface area contributed by atoms with E-state index in [1.165, 1.54) is 23.0 Å². The normalized spacial score (nSPS) is 23.3. The van der Waals surface area contributed by atoms with Crippen LogP contribution in [-0.2, 0) is 0 Å². The summed E-state index contributed by atoms with van der Waals surface area (Å²) in [7, 11) is 0. The molecule has 98 valence electrons. The van der Waals surface area contributed by atoms with Gasteiger partial charge in [-0.2, -0.15) is 23.5 Å². The van der Waals surface area contributed by atoms with Crippen LogP contribution in [0.5, 0.6) is 5.75 Å². The second-order valence-electron chi connectivity index (χ2n) is 4.81. The third-order valence-electron chi connectivity index (χ3n) is 3.43. The van der Waals surface area contributed by atoms with Crippen LogP contribution < -0.4 is 4.74 Å². The molecule has 2 nitrogen and oxygen atoms in total. The summed E-state index contributed by atoms with van der Waals surface area (Å²) in [6.07, 6.45) is 0.394. The van der Waals surface area contributed by atoms with E-state index in [4.69, 9.17) is 4.74 Å². The number of benzene rings is 1. The predicted molar refractivity (Wildman–Crippen MR) is 80.9 cm³/mol. The standard InChI is InChI=1S/C14H19NOS2/c1-2-4-13(5-3-1)16-14-8-15(9-14)12-10-17-6-7-18-11-12/h1-5,12,14H,6-11H2. The van der Waals surface area contributed by atoms with Crippen LogP contribution in [0.25, 0.3) is 0 Å². The minimum atomic E-state index is 0.394. The van der Waals surface area contributed by atoms with Crippen molar-refractivity contribution in [1.82, 2.24) is 4.90 Å². The van der Waals surface area contributed by atoms with E-state index in [0.717, 1.165) is 24.9 Å². The Kier molecular flexibility index (Phi) is 4.39. The van der Waals surface area contributed by atoms with Gasteiger partial charge in [-0.05, 0) is 12.1 Å². The van der Waals surface area contributed by atoms with Gasteiger partial charge in [0.15, 0.2) is 0 Å². The molecule has 0 aromatic heterocycles. The van der Waals surface area contributed by atoms with Gasteiger partial charge < -0.3 is 4.74 Å². The summed E-state index contributed by atoms with van der Waals surface area (Å²) in [5.74, 6) is 6.24. The van der Waals surface area contributed by atoms with Gasteiger partial charge in [0.05, 0.1) is 0 Å². The molecule has 2 aliphatic rings. The Morgan fingerprint density at radius 2 is 1.67 bits per heavy atom. The first-order chi connectivity index (χ1) is 8.92. The molecule has 3 rings (SSSR count). The Labute approximate surface area is 117 Å². The lowest BCUT2D eigenvalue weighted by atomic mass is 10.1. The van der Waals surface area contributed by atoms with Gasteiger partial charge in [0.2, 0.25) is 0 Å². The SMILES string of the molecule is c1ccc(OC2CN(C3CSCCSC3)C2)cc1. The lowest BCUT2D eigenvalue weighted by molar-refractivity contribution is 0.00254. The van der Waals surface area contributed by atoms with Crippen molar-refractivity contribution >= 4 is 23.5 Å². The van der Waals surface area contributed by atoms with Gasteiger partial charge >= 0.3 is 0 Å². The fourth-order valence-electron chi connectivity index (χ4n) is 2.35. The van der Waals surface area contributed by atoms with Crippen LogP contribution in [0, 0.1) is 0 Å². The number of para-hydroxylation sites is 1. The summed E-state index contributed by atoms with van der Waals surface area (Å²) in [6.45, 7) is 2.20. The summed E-state index contributed by atoms with van der Waals surface area (Å²) >= 11 is 4.21. The van der Waals surface area contributed by atoms with Gasteiger partial charge in [0.25, 0.3) is 0 Å². The van der Waals surface area contributed by atoms with E-state index in [-0.39, 0.29) is 0 Å². The molecule has 0 amide bonds. The van der Waals surface area contributed by atoms with Crippen molar-refractivity contribution < 1.29 is 4.74 Å². The van der Waals surface area contributed by atoms with E-state index in [2.05, 4.69) is 28.4 Å². The van der Waals surface area contributed by atoms with Gasteiger partial charge in [0.1, 0.15) is 11.9 Å². The lowest BCUT2D eigenvalue weighted by Crippen LogP contribution is -2.59. The summed E-state index contributed by atoms with van der Waals surface area (Å²) in [4.78, 5) is 2.58. The number of thioether (sulfide) groups is 2. The molecule has 0 N–H and O–H groups in total.